The lowest BCUT2D eigenvalue weighted by atomic mass is 9.99. The summed E-state index contributed by atoms with van der Waals surface area (Å²) in [4.78, 5) is 14.8. The number of hydrogen-bond donors (Lipinski definition) is 1. The number of hydrogen-bond acceptors (Lipinski definition) is 5. The van der Waals surface area contributed by atoms with Gasteiger partial charge in [-0.15, -0.1) is 0 Å². The fourth-order valence-electron chi connectivity index (χ4n) is 4.97. The van der Waals surface area contributed by atoms with E-state index in [2.05, 4.69) is 5.32 Å². The van der Waals surface area contributed by atoms with Crippen molar-refractivity contribution in [3.8, 4) is 5.75 Å². The highest BCUT2D eigenvalue weighted by molar-refractivity contribution is 7.89. The predicted octanol–water partition coefficient (Wildman–Crippen LogP) is 4.92. The van der Waals surface area contributed by atoms with Gasteiger partial charge >= 0.3 is 6.18 Å². The van der Waals surface area contributed by atoms with Crippen LogP contribution in [-0.4, -0.2) is 61.9 Å². The van der Waals surface area contributed by atoms with E-state index in [0.717, 1.165) is 23.4 Å². The van der Waals surface area contributed by atoms with E-state index in [4.69, 9.17) is 4.74 Å². The number of halogens is 3. The summed E-state index contributed by atoms with van der Waals surface area (Å²) >= 11 is 0. The first kappa shape index (κ1) is 30.9. The summed E-state index contributed by atoms with van der Waals surface area (Å²) in [7, 11) is -2.58. The average Bonchev–Trinajstić information content (AvgIpc) is 2.88. The van der Waals surface area contributed by atoms with E-state index in [9.17, 15) is 26.4 Å². The fraction of sp³-hybridized carbons (Fsp3) is 0.536. The van der Waals surface area contributed by atoms with Crippen molar-refractivity contribution in [1.82, 2.24) is 14.5 Å². The molecule has 39 heavy (non-hydrogen) atoms. The van der Waals surface area contributed by atoms with Crippen LogP contribution >= 0.6 is 0 Å². The van der Waals surface area contributed by atoms with Crippen LogP contribution in [0.1, 0.15) is 51.7 Å². The van der Waals surface area contributed by atoms with Crippen LogP contribution in [0.3, 0.4) is 0 Å². The van der Waals surface area contributed by atoms with Crippen LogP contribution in [0.25, 0.3) is 0 Å². The summed E-state index contributed by atoms with van der Waals surface area (Å²) < 4.78 is 73.2. The maximum absolute atomic E-state index is 13.5. The lowest BCUT2D eigenvalue weighted by molar-refractivity contribution is -0.138. The Kier molecular flexibility index (Phi) is 10.1. The van der Waals surface area contributed by atoms with Crippen molar-refractivity contribution in [2.24, 2.45) is 5.92 Å². The molecule has 7 nitrogen and oxygen atoms in total. The molecule has 2 aromatic carbocycles. The lowest BCUT2D eigenvalue weighted by Gasteiger charge is -2.41. The molecule has 1 heterocycles. The molecule has 0 saturated carbocycles. The summed E-state index contributed by atoms with van der Waals surface area (Å²) in [6, 6.07) is 10.1. The van der Waals surface area contributed by atoms with Gasteiger partial charge in [-0.05, 0) is 68.5 Å². The number of alkyl halides is 3. The Morgan fingerprint density at radius 3 is 2.21 bits per heavy atom. The molecule has 2 aromatic rings. The molecule has 1 fully saturated rings. The van der Waals surface area contributed by atoms with E-state index in [1.807, 2.05) is 38.1 Å². The molecule has 0 radical (unpaired) electrons. The first-order valence-electron chi connectivity index (χ1n) is 13.1. The van der Waals surface area contributed by atoms with Gasteiger partial charge in [-0.1, -0.05) is 32.0 Å². The molecule has 1 amide bonds. The minimum absolute atomic E-state index is 0.0296. The van der Waals surface area contributed by atoms with Crippen molar-refractivity contribution >= 4 is 15.9 Å². The number of nitrogens with zero attached hydrogens (tertiary/aromatic N) is 2. The average molecular weight is 570 g/mol. The van der Waals surface area contributed by atoms with Crippen LogP contribution in [0.2, 0.25) is 0 Å². The van der Waals surface area contributed by atoms with Gasteiger partial charge in [-0.3, -0.25) is 4.79 Å². The first-order chi connectivity index (χ1) is 18.3. The fourth-order valence-corrected chi connectivity index (χ4v) is 6.90. The second kappa shape index (κ2) is 12.7. The zero-order valence-corrected chi connectivity index (χ0v) is 23.8. The Morgan fingerprint density at radius 2 is 1.69 bits per heavy atom. The number of ether oxygens (including phenoxy) is 1. The maximum Gasteiger partial charge on any atom is 0.416 e. The van der Waals surface area contributed by atoms with Gasteiger partial charge in [0.2, 0.25) is 15.9 Å². The van der Waals surface area contributed by atoms with Gasteiger partial charge in [0.25, 0.3) is 0 Å². The minimum Gasteiger partial charge on any atom is -0.497 e. The van der Waals surface area contributed by atoms with Crippen LogP contribution < -0.4 is 10.1 Å². The first-order valence-corrected chi connectivity index (χ1v) is 14.6. The van der Waals surface area contributed by atoms with Crippen molar-refractivity contribution < 1.29 is 31.1 Å². The third-order valence-corrected chi connectivity index (χ3v) is 9.12. The zero-order valence-electron chi connectivity index (χ0n) is 23.0. The van der Waals surface area contributed by atoms with Crippen molar-refractivity contribution in [3.05, 3.63) is 59.7 Å². The Hall–Kier alpha value is -2.63. The van der Waals surface area contributed by atoms with E-state index >= 15 is 0 Å². The maximum atomic E-state index is 13.5. The molecule has 1 atom stereocenters. The molecule has 1 N–H and O–H groups in total. The van der Waals surface area contributed by atoms with Crippen molar-refractivity contribution in [2.75, 3.05) is 20.2 Å². The van der Waals surface area contributed by atoms with Gasteiger partial charge in [-0.25, -0.2) is 8.42 Å². The van der Waals surface area contributed by atoms with Crippen LogP contribution in [0.4, 0.5) is 13.2 Å². The largest absolute Gasteiger partial charge is 0.497 e. The van der Waals surface area contributed by atoms with Crippen molar-refractivity contribution in [1.29, 1.82) is 0 Å². The van der Waals surface area contributed by atoms with Gasteiger partial charge in [0.15, 0.2) is 0 Å². The quantitative estimate of drug-likeness (QED) is 0.440. The molecule has 0 unspecified atom stereocenters. The Balaban J connectivity index is 1.69. The van der Waals surface area contributed by atoms with Crippen LogP contribution in [-0.2, 0) is 27.5 Å². The molecule has 0 bridgehead atoms. The number of nitrogens with one attached hydrogen (secondary N) is 1. The van der Waals surface area contributed by atoms with E-state index in [0.29, 0.717) is 38.5 Å². The predicted molar refractivity (Wildman–Crippen MR) is 144 cm³/mol. The van der Waals surface area contributed by atoms with Crippen LogP contribution in [0, 0.1) is 5.92 Å². The minimum atomic E-state index is -4.64. The third-order valence-electron chi connectivity index (χ3n) is 7.00. The molecular weight excluding hydrogens is 531 g/mol. The highest BCUT2D eigenvalue weighted by atomic mass is 32.2. The molecule has 0 aliphatic carbocycles. The topological polar surface area (TPSA) is 79.0 Å². The standard InChI is InChI=1S/C28H38F3N3O4S/c1-19(2)26(32-18-21-9-11-24(38-5)12-10-21)27(35)33-15-13-23(14-16-33)34(20(3)4)39(36,37)25-8-6-7-22(17-25)28(29,30)31/h6-12,17,19-20,23,26,32H,13-16,18H2,1-5H3/t26-/m0/s1. The molecule has 0 spiro atoms. The number of carbonyl (C=O) groups is 1. The number of benzene rings is 2. The van der Waals surface area contributed by atoms with Crippen LogP contribution in [0.15, 0.2) is 53.4 Å². The Labute approximate surface area is 229 Å². The molecular formula is C28H38F3N3O4S. The summed E-state index contributed by atoms with van der Waals surface area (Å²) in [6.45, 7) is 8.58. The second-order valence-electron chi connectivity index (χ2n) is 10.5. The van der Waals surface area contributed by atoms with Crippen LogP contribution in [0.5, 0.6) is 5.75 Å². The monoisotopic (exact) mass is 569 g/mol. The lowest BCUT2D eigenvalue weighted by Crippen LogP contribution is -2.55. The summed E-state index contributed by atoms with van der Waals surface area (Å²) in [5.41, 5.74) is 0.00916. The molecule has 1 aliphatic heterocycles. The number of amides is 1. The van der Waals surface area contributed by atoms with E-state index in [1.165, 1.54) is 10.4 Å². The van der Waals surface area contributed by atoms with Gasteiger partial charge < -0.3 is 15.0 Å². The van der Waals surface area contributed by atoms with E-state index < -0.39 is 39.9 Å². The summed E-state index contributed by atoms with van der Waals surface area (Å²) in [5, 5.41) is 3.36. The number of carbonyl (C=O) groups excluding carboxylic acids is 1. The van der Waals surface area contributed by atoms with Crippen molar-refractivity contribution in [3.63, 3.8) is 0 Å². The molecule has 11 heteroatoms. The highest BCUT2D eigenvalue weighted by Crippen LogP contribution is 2.33. The molecule has 1 saturated heterocycles. The summed E-state index contributed by atoms with van der Waals surface area (Å²) in [6.07, 6.45) is -3.86. The van der Waals surface area contributed by atoms with E-state index in [1.54, 1.807) is 25.9 Å². The number of likely N-dealkylation sites (tertiary alicyclic amines) is 1. The number of sulfonamides is 1. The number of rotatable bonds is 10. The Morgan fingerprint density at radius 1 is 1.08 bits per heavy atom. The smallest absolute Gasteiger partial charge is 0.416 e. The Bertz CT molecular complexity index is 1210. The zero-order chi connectivity index (χ0) is 29.0. The van der Waals surface area contributed by atoms with Gasteiger partial charge in [0, 0.05) is 31.7 Å². The third kappa shape index (κ3) is 7.52. The van der Waals surface area contributed by atoms with Gasteiger partial charge in [0.1, 0.15) is 5.75 Å². The number of methoxy groups -OCH3 is 1. The van der Waals surface area contributed by atoms with Crippen molar-refractivity contribution in [2.45, 2.75) is 76.3 Å². The van der Waals surface area contributed by atoms with Gasteiger partial charge in [-0.2, -0.15) is 17.5 Å². The molecule has 1 aliphatic rings. The highest BCUT2D eigenvalue weighted by Gasteiger charge is 2.39. The SMILES string of the molecule is COc1ccc(CN[C@H](C(=O)N2CCC(N(C(C)C)S(=O)(=O)c3cccc(C(F)(F)F)c3)CC2)C(C)C)cc1. The normalized spacial score (nSPS) is 16.2. The number of piperidine rings is 1. The van der Waals surface area contributed by atoms with E-state index in [-0.39, 0.29) is 16.7 Å². The molecule has 0 aromatic heterocycles. The summed E-state index contributed by atoms with van der Waals surface area (Å²) in [5.74, 6) is 0.735. The van der Waals surface area contributed by atoms with Gasteiger partial charge in [0.05, 0.1) is 23.6 Å². The molecule has 216 valence electrons. The second-order valence-corrected chi connectivity index (χ2v) is 12.3. The molecule has 3 rings (SSSR count).